The van der Waals surface area contributed by atoms with Crippen LogP contribution in [0.1, 0.15) is 13.3 Å². The molecule has 1 saturated carbocycles. The third-order valence-corrected chi connectivity index (χ3v) is 1.58. The molecule has 3 atom stereocenters. The summed E-state index contributed by atoms with van der Waals surface area (Å²) in [7, 11) is 0. The summed E-state index contributed by atoms with van der Waals surface area (Å²) in [5, 5.41) is 2.71. The molecule has 0 saturated heterocycles. The van der Waals surface area contributed by atoms with Crippen molar-refractivity contribution in [1.29, 1.82) is 0 Å². The van der Waals surface area contributed by atoms with Gasteiger partial charge in [-0.2, -0.15) is 0 Å². The van der Waals surface area contributed by atoms with Crippen LogP contribution in [0, 0.1) is 0 Å². The van der Waals surface area contributed by atoms with E-state index in [0.717, 1.165) is 6.42 Å². The number of hydrogen-bond acceptors (Lipinski definition) is 3. The van der Waals surface area contributed by atoms with Crippen LogP contribution in [-0.4, -0.2) is 24.0 Å². The minimum atomic E-state index is -0.423. The molecular weight excluding hydrogens is 130 g/mol. The second kappa shape index (κ2) is 2.56. The van der Waals surface area contributed by atoms with E-state index in [-0.39, 0.29) is 18.0 Å². The zero-order valence-corrected chi connectivity index (χ0v) is 6.00. The van der Waals surface area contributed by atoms with Gasteiger partial charge in [0.25, 0.3) is 0 Å². The molecule has 2 unspecified atom stereocenters. The van der Waals surface area contributed by atoms with Gasteiger partial charge in [0.15, 0.2) is 0 Å². The first kappa shape index (κ1) is 7.50. The van der Waals surface area contributed by atoms with Crippen molar-refractivity contribution < 1.29 is 4.79 Å². The average Bonchev–Trinajstić information content (AvgIpc) is 2.46. The van der Waals surface area contributed by atoms with Crippen molar-refractivity contribution in [3.63, 3.8) is 0 Å². The second-order valence-electron chi connectivity index (χ2n) is 2.80. The van der Waals surface area contributed by atoms with E-state index in [9.17, 15) is 4.79 Å². The summed E-state index contributed by atoms with van der Waals surface area (Å²) >= 11 is 0. The largest absolute Gasteiger partial charge is 0.350 e. The lowest BCUT2D eigenvalue weighted by atomic mass is 10.3. The maximum Gasteiger partial charge on any atom is 0.236 e. The molecule has 4 nitrogen and oxygen atoms in total. The van der Waals surface area contributed by atoms with E-state index in [0.29, 0.717) is 0 Å². The molecule has 5 N–H and O–H groups in total. The molecule has 58 valence electrons. The molecule has 1 fully saturated rings. The molecule has 1 amide bonds. The lowest BCUT2D eigenvalue weighted by Crippen LogP contribution is -2.40. The van der Waals surface area contributed by atoms with Crippen molar-refractivity contribution in [2.75, 3.05) is 0 Å². The van der Waals surface area contributed by atoms with Crippen molar-refractivity contribution in [3.05, 3.63) is 0 Å². The number of carbonyl (C=O) groups is 1. The molecule has 10 heavy (non-hydrogen) atoms. The zero-order valence-electron chi connectivity index (χ0n) is 6.00. The van der Waals surface area contributed by atoms with E-state index in [1.165, 1.54) is 0 Å². The van der Waals surface area contributed by atoms with Crippen LogP contribution < -0.4 is 16.8 Å². The van der Waals surface area contributed by atoms with Gasteiger partial charge in [0.1, 0.15) is 0 Å². The number of rotatable bonds is 2. The number of nitrogens with one attached hydrogen (secondary N) is 1. The highest BCUT2D eigenvalue weighted by molar-refractivity contribution is 5.81. The predicted molar refractivity (Wildman–Crippen MR) is 38.2 cm³/mol. The first-order valence-corrected chi connectivity index (χ1v) is 3.43. The van der Waals surface area contributed by atoms with Crippen LogP contribution in [0.5, 0.6) is 0 Å². The van der Waals surface area contributed by atoms with E-state index in [2.05, 4.69) is 5.32 Å². The Kier molecular flexibility index (Phi) is 1.92. The highest BCUT2D eigenvalue weighted by Crippen LogP contribution is 2.17. The monoisotopic (exact) mass is 143 g/mol. The van der Waals surface area contributed by atoms with Gasteiger partial charge in [-0.25, -0.2) is 0 Å². The van der Waals surface area contributed by atoms with E-state index in [1.807, 2.05) is 0 Å². The van der Waals surface area contributed by atoms with Crippen LogP contribution >= 0.6 is 0 Å². The highest BCUT2D eigenvalue weighted by Gasteiger charge is 2.34. The first-order valence-electron chi connectivity index (χ1n) is 3.43. The van der Waals surface area contributed by atoms with Crippen LogP contribution in [0.15, 0.2) is 0 Å². The van der Waals surface area contributed by atoms with Gasteiger partial charge in [-0.05, 0) is 13.3 Å². The van der Waals surface area contributed by atoms with Gasteiger partial charge in [0, 0.05) is 12.1 Å². The Labute approximate surface area is 59.9 Å². The molecule has 0 aliphatic heterocycles. The van der Waals surface area contributed by atoms with Gasteiger partial charge in [-0.3, -0.25) is 4.79 Å². The Morgan fingerprint density at radius 1 is 1.80 bits per heavy atom. The smallest absolute Gasteiger partial charge is 0.236 e. The van der Waals surface area contributed by atoms with E-state index in [4.69, 9.17) is 11.5 Å². The maximum absolute atomic E-state index is 10.8. The summed E-state index contributed by atoms with van der Waals surface area (Å²) in [4.78, 5) is 10.8. The van der Waals surface area contributed by atoms with E-state index < -0.39 is 6.04 Å². The molecule has 0 spiro atoms. The summed E-state index contributed by atoms with van der Waals surface area (Å²) in [6.45, 7) is 1.66. The fourth-order valence-corrected chi connectivity index (χ4v) is 0.695. The van der Waals surface area contributed by atoms with Crippen LogP contribution in [-0.2, 0) is 4.79 Å². The van der Waals surface area contributed by atoms with Gasteiger partial charge in [-0.15, -0.1) is 0 Å². The van der Waals surface area contributed by atoms with Gasteiger partial charge in [0.05, 0.1) is 6.04 Å². The van der Waals surface area contributed by atoms with Crippen LogP contribution in [0.25, 0.3) is 0 Å². The van der Waals surface area contributed by atoms with Crippen molar-refractivity contribution in [2.24, 2.45) is 11.5 Å². The SMILES string of the molecule is C[C@@H](N)C(=O)NC1CC1N. The maximum atomic E-state index is 10.8. The fourth-order valence-electron chi connectivity index (χ4n) is 0.695. The molecule has 0 bridgehead atoms. The minimum Gasteiger partial charge on any atom is -0.350 e. The third kappa shape index (κ3) is 1.68. The quantitative estimate of drug-likeness (QED) is 0.442. The molecular formula is C6H13N3O. The summed E-state index contributed by atoms with van der Waals surface area (Å²) in [6, 6.07) is -0.0889. The van der Waals surface area contributed by atoms with Crippen molar-refractivity contribution in [3.8, 4) is 0 Å². The zero-order chi connectivity index (χ0) is 7.72. The molecule has 0 aromatic heterocycles. The van der Waals surface area contributed by atoms with E-state index >= 15 is 0 Å². The number of nitrogens with two attached hydrogens (primary N) is 2. The molecule has 0 aromatic rings. The molecule has 4 heteroatoms. The Morgan fingerprint density at radius 3 is 2.60 bits per heavy atom. The van der Waals surface area contributed by atoms with Crippen molar-refractivity contribution >= 4 is 5.91 Å². The molecule has 1 rings (SSSR count). The standard InChI is InChI=1S/C6H13N3O/c1-3(7)6(10)9-5-2-4(5)8/h3-5H,2,7-8H2,1H3,(H,9,10)/t3-,4?,5?/m1/s1. The number of amides is 1. The Hall–Kier alpha value is -0.610. The second-order valence-corrected chi connectivity index (χ2v) is 2.80. The van der Waals surface area contributed by atoms with Gasteiger partial charge in [0.2, 0.25) is 5.91 Å². The van der Waals surface area contributed by atoms with Gasteiger partial charge < -0.3 is 16.8 Å². The summed E-state index contributed by atoms with van der Waals surface area (Å²) in [6.07, 6.45) is 0.887. The Morgan fingerprint density at radius 2 is 2.30 bits per heavy atom. The van der Waals surface area contributed by atoms with Gasteiger partial charge in [-0.1, -0.05) is 0 Å². The number of carbonyl (C=O) groups excluding carboxylic acids is 1. The van der Waals surface area contributed by atoms with Crippen LogP contribution in [0.3, 0.4) is 0 Å². The minimum absolute atomic E-state index is 0.113. The molecule has 0 radical (unpaired) electrons. The number of hydrogen-bond donors (Lipinski definition) is 3. The van der Waals surface area contributed by atoms with Crippen molar-refractivity contribution in [2.45, 2.75) is 31.5 Å². The van der Waals surface area contributed by atoms with Crippen LogP contribution in [0.2, 0.25) is 0 Å². The topological polar surface area (TPSA) is 81.1 Å². The lowest BCUT2D eigenvalue weighted by Gasteiger charge is -2.05. The van der Waals surface area contributed by atoms with E-state index in [1.54, 1.807) is 6.92 Å². The summed E-state index contributed by atoms with van der Waals surface area (Å²) < 4.78 is 0. The predicted octanol–water partition coefficient (Wildman–Crippen LogP) is -1.45. The summed E-state index contributed by atoms with van der Waals surface area (Å²) in [5.41, 5.74) is 10.8. The fraction of sp³-hybridized carbons (Fsp3) is 0.833. The molecule has 1 aliphatic carbocycles. The average molecular weight is 143 g/mol. The lowest BCUT2D eigenvalue weighted by molar-refractivity contribution is -0.122. The van der Waals surface area contributed by atoms with Crippen molar-refractivity contribution in [1.82, 2.24) is 5.32 Å². The normalized spacial score (nSPS) is 33.1. The Bertz CT molecular complexity index is 146. The van der Waals surface area contributed by atoms with Gasteiger partial charge >= 0.3 is 0 Å². The highest BCUT2D eigenvalue weighted by atomic mass is 16.2. The Balaban J connectivity index is 2.20. The third-order valence-electron chi connectivity index (χ3n) is 1.58. The molecule has 1 aliphatic rings. The molecule has 0 heterocycles. The summed E-state index contributed by atoms with van der Waals surface area (Å²) in [5.74, 6) is -0.113. The first-order chi connectivity index (χ1) is 4.61. The van der Waals surface area contributed by atoms with Crippen LogP contribution in [0.4, 0.5) is 0 Å². The molecule has 0 aromatic carbocycles.